The molecule has 0 spiro atoms. The minimum atomic E-state index is -0.263. The van der Waals surface area contributed by atoms with E-state index in [0.29, 0.717) is 29.1 Å². The molecule has 2 aromatic carbocycles. The maximum absolute atomic E-state index is 13.9. The number of nitrogens with one attached hydrogen (secondary N) is 1. The fourth-order valence-corrected chi connectivity index (χ4v) is 2.83. The summed E-state index contributed by atoms with van der Waals surface area (Å²) in [7, 11) is 0. The van der Waals surface area contributed by atoms with Gasteiger partial charge in [0.25, 0.3) is 5.91 Å². The van der Waals surface area contributed by atoms with E-state index >= 15 is 0 Å². The molecule has 25 heavy (non-hydrogen) atoms. The van der Waals surface area contributed by atoms with E-state index in [1.807, 2.05) is 39.0 Å². The van der Waals surface area contributed by atoms with Gasteiger partial charge >= 0.3 is 0 Å². The number of carbonyl (C=O) groups is 1. The van der Waals surface area contributed by atoms with Crippen molar-refractivity contribution >= 4 is 11.6 Å². The van der Waals surface area contributed by atoms with Crippen LogP contribution in [-0.2, 0) is 6.54 Å². The topological polar surface area (TPSA) is 46.9 Å². The zero-order valence-corrected chi connectivity index (χ0v) is 14.5. The average molecular weight is 337 g/mol. The fourth-order valence-electron chi connectivity index (χ4n) is 2.83. The second kappa shape index (κ2) is 6.89. The molecule has 3 aromatic rings. The molecule has 0 saturated heterocycles. The van der Waals surface area contributed by atoms with E-state index in [9.17, 15) is 9.18 Å². The second-order valence-corrected chi connectivity index (χ2v) is 6.06. The lowest BCUT2D eigenvalue weighted by molar-refractivity contribution is 0.102. The van der Waals surface area contributed by atoms with Gasteiger partial charge in [-0.05, 0) is 38.5 Å². The maximum atomic E-state index is 13.9. The summed E-state index contributed by atoms with van der Waals surface area (Å²) in [4.78, 5) is 12.6. The Morgan fingerprint density at radius 1 is 1.08 bits per heavy atom. The van der Waals surface area contributed by atoms with Gasteiger partial charge in [0.2, 0.25) is 0 Å². The molecule has 0 saturated carbocycles. The zero-order valence-electron chi connectivity index (χ0n) is 14.5. The van der Waals surface area contributed by atoms with Gasteiger partial charge in [-0.2, -0.15) is 5.10 Å². The van der Waals surface area contributed by atoms with Gasteiger partial charge in [-0.25, -0.2) is 4.39 Å². The van der Waals surface area contributed by atoms with Gasteiger partial charge in [-0.15, -0.1) is 0 Å². The summed E-state index contributed by atoms with van der Waals surface area (Å²) in [6.07, 6.45) is 0. The van der Waals surface area contributed by atoms with Crippen molar-refractivity contribution in [3.05, 3.63) is 82.4 Å². The predicted molar refractivity (Wildman–Crippen MR) is 96.3 cm³/mol. The Bertz CT molecular complexity index is 930. The number of hydrogen-bond donors (Lipinski definition) is 1. The fraction of sp³-hybridized carbons (Fsp3) is 0.200. The largest absolute Gasteiger partial charge is 0.319 e. The zero-order chi connectivity index (χ0) is 18.0. The lowest BCUT2D eigenvalue weighted by Gasteiger charge is -2.09. The van der Waals surface area contributed by atoms with Gasteiger partial charge in [0.05, 0.1) is 23.6 Å². The number of aromatic nitrogens is 2. The second-order valence-electron chi connectivity index (χ2n) is 6.06. The summed E-state index contributed by atoms with van der Waals surface area (Å²) in [6.45, 7) is 5.92. The monoisotopic (exact) mass is 337 g/mol. The van der Waals surface area contributed by atoms with Crippen LogP contribution in [0.2, 0.25) is 0 Å². The molecular formula is C20H20FN3O. The highest BCUT2D eigenvalue weighted by atomic mass is 19.1. The summed E-state index contributed by atoms with van der Waals surface area (Å²) in [5.41, 5.74) is 4.27. The van der Waals surface area contributed by atoms with Crippen LogP contribution in [0.25, 0.3) is 0 Å². The van der Waals surface area contributed by atoms with Crippen LogP contribution in [0.1, 0.15) is 32.9 Å². The first-order valence-electron chi connectivity index (χ1n) is 8.11. The van der Waals surface area contributed by atoms with Crippen LogP contribution in [-0.4, -0.2) is 15.7 Å². The highest BCUT2D eigenvalue weighted by Gasteiger charge is 2.17. The van der Waals surface area contributed by atoms with Crippen LogP contribution < -0.4 is 5.32 Å². The van der Waals surface area contributed by atoms with E-state index in [1.165, 1.54) is 6.07 Å². The van der Waals surface area contributed by atoms with Crippen LogP contribution in [0.5, 0.6) is 0 Å². The molecule has 1 aromatic heterocycles. The van der Waals surface area contributed by atoms with Crippen molar-refractivity contribution in [3.8, 4) is 0 Å². The number of carbonyl (C=O) groups excluding carboxylic acids is 1. The molecule has 0 aliphatic rings. The quantitative estimate of drug-likeness (QED) is 0.774. The Morgan fingerprint density at radius 2 is 1.76 bits per heavy atom. The molecule has 0 aliphatic carbocycles. The summed E-state index contributed by atoms with van der Waals surface area (Å²) >= 11 is 0. The first-order chi connectivity index (χ1) is 12.0. The van der Waals surface area contributed by atoms with E-state index in [0.717, 1.165) is 11.3 Å². The van der Waals surface area contributed by atoms with Crippen molar-refractivity contribution in [2.45, 2.75) is 27.3 Å². The van der Waals surface area contributed by atoms with Crippen LogP contribution >= 0.6 is 0 Å². The number of aryl methyl sites for hydroxylation is 2. The van der Waals surface area contributed by atoms with Crippen LogP contribution in [0.15, 0.2) is 48.5 Å². The molecule has 128 valence electrons. The summed E-state index contributed by atoms with van der Waals surface area (Å²) in [5.74, 6) is -0.435. The molecule has 1 heterocycles. The minimum absolute atomic E-state index is 0.172. The van der Waals surface area contributed by atoms with Crippen molar-refractivity contribution in [2.75, 3.05) is 5.32 Å². The SMILES string of the molecule is Cc1ccccc1C(=O)Nc1c(C)nn(Cc2ccccc2F)c1C. The van der Waals surface area contributed by atoms with Gasteiger partial charge < -0.3 is 5.32 Å². The first kappa shape index (κ1) is 16.9. The van der Waals surface area contributed by atoms with Crippen molar-refractivity contribution in [3.63, 3.8) is 0 Å². The lowest BCUT2D eigenvalue weighted by Crippen LogP contribution is -2.14. The van der Waals surface area contributed by atoms with E-state index in [2.05, 4.69) is 10.4 Å². The predicted octanol–water partition coefficient (Wildman–Crippen LogP) is 4.25. The van der Waals surface area contributed by atoms with E-state index < -0.39 is 0 Å². The van der Waals surface area contributed by atoms with Crippen molar-refractivity contribution in [2.24, 2.45) is 0 Å². The van der Waals surface area contributed by atoms with Crippen molar-refractivity contribution in [1.29, 1.82) is 0 Å². The number of hydrogen-bond acceptors (Lipinski definition) is 2. The Labute approximate surface area is 146 Å². The van der Waals surface area contributed by atoms with Crippen molar-refractivity contribution in [1.82, 2.24) is 9.78 Å². The molecule has 0 unspecified atom stereocenters. The summed E-state index contributed by atoms with van der Waals surface area (Å²) in [5, 5.41) is 7.39. The van der Waals surface area contributed by atoms with Gasteiger partial charge in [0, 0.05) is 11.1 Å². The molecule has 5 heteroatoms. The molecule has 0 radical (unpaired) electrons. The maximum Gasteiger partial charge on any atom is 0.256 e. The first-order valence-corrected chi connectivity index (χ1v) is 8.11. The Morgan fingerprint density at radius 3 is 2.48 bits per heavy atom. The molecule has 3 rings (SSSR count). The highest BCUT2D eigenvalue weighted by molar-refractivity contribution is 6.05. The Hall–Kier alpha value is -2.95. The van der Waals surface area contributed by atoms with Crippen LogP contribution in [0, 0.1) is 26.6 Å². The number of halogens is 1. The van der Waals surface area contributed by atoms with Crippen LogP contribution in [0.4, 0.5) is 10.1 Å². The van der Waals surface area contributed by atoms with Crippen LogP contribution in [0.3, 0.4) is 0 Å². The Balaban J connectivity index is 1.86. The standard InChI is InChI=1S/C20H20FN3O/c1-13-8-4-6-10-17(13)20(25)22-19-14(2)23-24(15(19)3)12-16-9-5-7-11-18(16)21/h4-11H,12H2,1-3H3,(H,22,25). The molecular weight excluding hydrogens is 317 g/mol. The highest BCUT2D eigenvalue weighted by Crippen LogP contribution is 2.22. The molecule has 0 aliphatic heterocycles. The molecule has 1 N–H and O–H groups in total. The number of rotatable bonds is 4. The number of benzene rings is 2. The molecule has 4 nitrogen and oxygen atoms in total. The van der Waals surface area contributed by atoms with E-state index in [-0.39, 0.29) is 11.7 Å². The van der Waals surface area contributed by atoms with Gasteiger partial charge in [-0.3, -0.25) is 9.48 Å². The van der Waals surface area contributed by atoms with E-state index in [4.69, 9.17) is 0 Å². The molecule has 0 atom stereocenters. The third-order valence-corrected chi connectivity index (χ3v) is 4.29. The molecule has 0 fully saturated rings. The number of amides is 1. The smallest absolute Gasteiger partial charge is 0.256 e. The summed E-state index contributed by atoms with van der Waals surface area (Å²) in [6, 6.07) is 14.0. The van der Waals surface area contributed by atoms with Gasteiger partial charge in [-0.1, -0.05) is 36.4 Å². The summed E-state index contributed by atoms with van der Waals surface area (Å²) < 4.78 is 15.6. The minimum Gasteiger partial charge on any atom is -0.319 e. The number of anilines is 1. The molecule has 0 bridgehead atoms. The third-order valence-electron chi connectivity index (χ3n) is 4.29. The number of nitrogens with zero attached hydrogens (tertiary/aromatic N) is 2. The van der Waals surface area contributed by atoms with Crippen molar-refractivity contribution < 1.29 is 9.18 Å². The van der Waals surface area contributed by atoms with E-state index in [1.54, 1.807) is 28.9 Å². The normalized spacial score (nSPS) is 10.7. The third kappa shape index (κ3) is 3.45. The Kier molecular flexibility index (Phi) is 4.65. The molecule has 1 amide bonds. The lowest BCUT2D eigenvalue weighted by atomic mass is 10.1. The van der Waals surface area contributed by atoms with Gasteiger partial charge in [0.1, 0.15) is 5.82 Å². The average Bonchev–Trinajstić information content (AvgIpc) is 2.85. The van der Waals surface area contributed by atoms with Gasteiger partial charge in [0.15, 0.2) is 0 Å².